The summed E-state index contributed by atoms with van der Waals surface area (Å²) in [6, 6.07) is 1.80. The number of rotatable bonds is 7. The summed E-state index contributed by atoms with van der Waals surface area (Å²) in [5.74, 6) is 2.44. The van der Waals surface area contributed by atoms with Gasteiger partial charge in [-0.05, 0) is 95.8 Å². The zero-order valence-electron chi connectivity index (χ0n) is 19.8. The molecule has 3 aliphatic heterocycles. The predicted octanol–water partition coefficient (Wildman–Crippen LogP) is 4.54. The molecule has 0 saturated carbocycles. The van der Waals surface area contributed by atoms with E-state index in [1.807, 2.05) is 0 Å². The Morgan fingerprint density at radius 1 is 0.933 bits per heavy atom. The van der Waals surface area contributed by atoms with E-state index in [1.54, 1.807) is 0 Å². The molecular weight excluding hydrogens is 370 g/mol. The first kappa shape index (κ1) is 22.0. The molecule has 1 aromatic rings. The number of nitrogens with zero attached hydrogens (tertiary/aromatic N) is 5. The van der Waals surface area contributed by atoms with Crippen LogP contribution >= 0.6 is 0 Å². The van der Waals surface area contributed by atoms with Crippen LogP contribution in [0.15, 0.2) is 12.4 Å². The molecule has 0 spiro atoms. The van der Waals surface area contributed by atoms with Gasteiger partial charge in [0, 0.05) is 43.6 Å². The minimum absolute atomic E-state index is 0.583. The highest BCUT2D eigenvalue weighted by molar-refractivity contribution is 5.37. The summed E-state index contributed by atoms with van der Waals surface area (Å²) in [7, 11) is 0. The van der Waals surface area contributed by atoms with Gasteiger partial charge in [0.2, 0.25) is 5.95 Å². The number of likely N-dealkylation sites (tertiary alicyclic amines) is 2. The summed E-state index contributed by atoms with van der Waals surface area (Å²) < 4.78 is 0. The summed E-state index contributed by atoms with van der Waals surface area (Å²) in [6.45, 7) is 15.4. The van der Waals surface area contributed by atoms with Crippen molar-refractivity contribution < 1.29 is 0 Å². The minimum atomic E-state index is 0.583. The lowest BCUT2D eigenvalue weighted by molar-refractivity contribution is 0.124. The van der Waals surface area contributed by atoms with Crippen LogP contribution in [0.2, 0.25) is 0 Å². The van der Waals surface area contributed by atoms with E-state index in [0.717, 1.165) is 25.0 Å². The van der Waals surface area contributed by atoms with E-state index in [4.69, 9.17) is 9.97 Å². The number of hydrogen-bond acceptors (Lipinski definition) is 5. The number of piperazine rings is 1. The van der Waals surface area contributed by atoms with Crippen molar-refractivity contribution in [1.82, 2.24) is 19.8 Å². The van der Waals surface area contributed by atoms with Gasteiger partial charge in [0.05, 0.1) is 0 Å². The molecule has 0 amide bonds. The number of piperidine rings is 2. The van der Waals surface area contributed by atoms with E-state index in [2.05, 4.69) is 54.8 Å². The van der Waals surface area contributed by atoms with Crippen LogP contribution in [0.5, 0.6) is 0 Å². The molecule has 4 rings (SSSR count). The zero-order chi connectivity index (χ0) is 21.1. The van der Waals surface area contributed by atoms with Crippen molar-refractivity contribution in [2.75, 3.05) is 37.6 Å². The normalized spacial score (nSPS) is 26.7. The predicted molar refractivity (Wildman–Crippen MR) is 125 cm³/mol. The van der Waals surface area contributed by atoms with Crippen molar-refractivity contribution in [3.8, 4) is 0 Å². The van der Waals surface area contributed by atoms with Gasteiger partial charge in [0.25, 0.3) is 0 Å². The summed E-state index contributed by atoms with van der Waals surface area (Å²) >= 11 is 0. The van der Waals surface area contributed by atoms with Crippen LogP contribution in [0.4, 0.5) is 5.95 Å². The molecule has 1 aromatic heterocycles. The lowest BCUT2D eigenvalue weighted by atomic mass is 9.90. The smallest absolute Gasteiger partial charge is 0.225 e. The average molecular weight is 414 g/mol. The maximum Gasteiger partial charge on any atom is 0.225 e. The van der Waals surface area contributed by atoms with Gasteiger partial charge >= 0.3 is 0 Å². The molecule has 4 heterocycles. The summed E-state index contributed by atoms with van der Waals surface area (Å²) in [6.07, 6.45) is 13.4. The van der Waals surface area contributed by atoms with Crippen LogP contribution in [0.3, 0.4) is 0 Å². The Balaban J connectivity index is 1.33. The molecule has 2 bridgehead atoms. The first-order valence-corrected chi connectivity index (χ1v) is 12.6. The van der Waals surface area contributed by atoms with Crippen LogP contribution in [0.1, 0.15) is 84.1 Å². The SMILES string of the molecule is CC(C)CCCN1CCC(c2cnc(N3C4CCCC3CN(C(C)C)C4)nc2)CC1. The fraction of sp³-hybridized carbons (Fsp3) is 0.840. The first-order chi connectivity index (χ1) is 14.5. The van der Waals surface area contributed by atoms with E-state index in [9.17, 15) is 0 Å². The maximum absolute atomic E-state index is 4.90. The molecule has 2 atom stereocenters. The Hall–Kier alpha value is -1.20. The minimum Gasteiger partial charge on any atom is -0.332 e. The Kier molecular flexibility index (Phi) is 7.30. The highest BCUT2D eigenvalue weighted by Gasteiger charge is 2.39. The quantitative estimate of drug-likeness (QED) is 0.656. The van der Waals surface area contributed by atoms with E-state index < -0.39 is 0 Å². The van der Waals surface area contributed by atoms with E-state index >= 15 is 0 Å². The molecule has 5 nitrogen and oxygen atoms in total. The molecule has 0 radical (unpaired) electrons. The van der Waals surface area contributed by atoms with Crippen molar-refractivity contribution in [2.45, 2.75) is 96.7 Å². The molecule has 0 aliphatic carbocycles. The molecule has 3 saturated heterocycles. The molecule has 168 valence electrons. The van der Waals surface area contributed by atoms with E-state index in [-0.39, 0.29) is 0 Å². The summed E-state index contributed by atoms with van der Waals surface area (Å²) in [5.41, 5.74) is 1.35. The van der Waals surface area contributed by atoms with Gasteiger partial charge in [-0.2, -0.15) is 0 Å². The Morgan fingerprint density at radius 3 is 2.13 bits per heavy atom. The molecule has 2 unspecified atom stereocenters. The fourth-order valence-electron chi connectivity index (χ4n) is 5.78. The van der Waals surface area contributed by atoms with Gasteiger partial charge in [-0.15, -0.1) is 0 Å². The van der Waals surface area contributed by atoms with Crippen LogP contribution in [-0.4, -0.2) is 70.6 Å². The van der Waals surface area contributed by atoms with Gasteiger partial charge in [0.1, 0.15) is 0 Å². The third kappa shape index (κ3) is 5.16. The van der Waals surface area contributed by atoms with Crippen molar-refractivity contribution in [3.05, 3.63) is 18.0 Å². The Labute approximate surface area is 184 Å². The molecule has 5 heteroatoms. The second-order valence-electron chi connectivity index (χ2n) is 10.7. The molecular formula is C25H43N5. The van der Waals surface area contributed by atoms with Crippen LogP contribution in [0.25, 0.3) is 0 Å². The van der Waals surface area contributed by atoms with E-state index in [1.165, 1.54) is 70.1 Å². The topological polar surface area (TPSA) is 35.5 Å². The van der Waals surface area contributed by atoms with Gasteiger partial charge in [0.15, 0.2) is 0 Å². The number of aromatic nitrogens is 2. The summed E-state index contributed by atoms with van der Waals surface area (Å²) in [5, 5.41) is 0. The maximum atomic E-state index is 4.90. The zero-order valence-corrected chi connectivity index (χ0v) is 19.8. The monoisotopic (exact) mass is 413 g/mol. The lowest BCUT2D eigenvalue weighted by Crippen LogP contribution is -2.62. The first-order valence-electron chi connectivity index (χ1n) is 12.6. The largest absolute Gasteiger partial charge is 0.332 e. The fourth-order valence-corrected chi connectivity index (χ4v) is 5.78. The standard InChI is InChI=1S/C25H43N5/c1-19(2)7-6-12-28-13-10-21(11-14-28)22-15-26-25(27-16-22)30-23-8-5-9-24(30)18-29(17-23)20(3)4/h15-16,19-21,23-24H,5-14,17-18H2,1-4H3. The molecule has 0 aromatic carbocycles. The number of fused-ring (bicyclic) bond motifs is 2. The third-order valence-corrected chi connectivity index (χ3v) is 7.69. The average Bonchev–Trinajstić information content (AvgIpc) is 2.73. The van der Waals surface area contributed by atoms with Gasteiger partial charge in [-0.25, -0.2) is 9.97 Å². The van der Waals surface area contributed by atoms with Crippen LogP contribution in [-0.2, 0) is 0 Å². The van der Waals surface area contributed by atoms with Gasteiger partial charge in [-0.3, -0.25) is 4.90 Å². The lowest BCUT2D eigenvalue weighted by Gasteiger charge is -2.51. The highest BCUT2D eigenvalue weighted by Crippen LogP contribution is 2.33. The van der Waals surface area contributed by atoms with Gasteiger partial charge < -0.3 is 9.80 Å². The number of anilines is 1. The Morgan fingerprint density at radius 2 is 1.57 bits per heavy atom. The van der Waals surface area contributed by atoms with Crippen molar-refractivity contribution >= 4 is 5.95 Å². The van der Waals surface area contributed by atoms with Crippen molar-refractivity contribution in [3.63, 3.8) is 0 Å². The molecule has 3 fully saturated rings. The molecule has 30 heavy (non-hydrogen) atoms. The van der Waals surface area contributed by atoms with E-state index in [0.29, 0.717) is 24.0 Å². The molecule has 3 aliphatic rings. The third-order valence-electron chi connectivity index (χ3n) is 7.69. The van der Waals surface area contributed by atoms with Crippen LogP contribution in [0, 0.1) is 5.92 Å². The second-order valence-corrected chi connectivity index (χ2v) is 10.7. The summed E-state index contributed by atoms with van der Waals surface area (Å²) in [4.78, 5) is 17.7. The van der Waals surface area contributed by atoms with Crippen molar-refractivity contribution in [2.24, 2.45) is 5.92 Å². The van der Waals surface area contributed by atoms with Gasteiger partial charge in [-0.1, -0.05) is 13.8 Å². The molecule has 0 N–H and O–H groups in total. The second kappa shape index (κ2) is 9.95. The Bertz CT molecular complexity index is 636. The highest BCUT2D eigenvalue weighted by atomic mass is 15.4. The van der Waals surface area contributed by atoms with Crippen molar-refractivity contribution in [1.29, 1.82) is 0 Å². The van der Waals surface area contributed by atoms with Crippen LogP contribution < -0.4 is 4.90 Å². The number of hydrogen-bond donors (Lipinski definition) is 0.